The third-order valence-electron chi connectivity index (χ3n) is 16.1. The molecular formula is C69H129NO8. The molecule has 78 heavy (non-hydrogen) atoms. The Balaban J connectivity index is 2.18. The number of nitrogens with one attached hydrogen (secondary N) is 1. The van der Waals surface area contributed by atoms with E-state index < -0.39 is 49.5 Å². The zero-order valence-corrected chi connectivity index (χ0v) is 51.2. The molecule has 1 saturated heterocycles. The molecule has 6 N–H and O–H groups in total. The van der Waals surface area contributed by atoms with Gasteiger partial charge in [0, 0.05) is 6.42 Å². The van der Waals surface area contributed by atoms with Crippen LogP contribution in [0.3, 0.4) is 0 Å². The maximum absolute atomic E-state index is 13.1. The first kappa shape index (κ1) is 74.2. The van der Waals surface area contributed by atoms with E-state index in [2.05, 4.69) is 55.6 Å². The molecule has 7 atom stereocenters. The average molecular weight is 1100 g/mol. The molecule has 1 fully saturated rings. The summed E-state index contributed by atoms with van der Waals surface area (Å²) in [4.78, 5) is 13.1. The Morgan fingerprint density at radius 3 is 1.08 bits per heavy atom. The van der Waals surface area contributed by atoms with Gasteiger partial charge in [0.05, 0.1) is 25.4 Å². The summed E-state index contributed by atoms with van der Waals surface area (Å²) in [6.07, 6.45) is 72.1. The molecule has 1 heterocycles. The number of rotatable bonds is 59. The Kier molecular flexibility index (Phi) is 55.5. The third kappa shape index (κ3) is 46.7. The zero-order valence-electron chi connectivity index (χ0n) is 51.2. The van der Waals surface area contributed by atoms with E-state index in [-0.39, 0.29) is 12.5 Å². The van der Waals surface area contributed by atoms with Crippen molar-refractivity contribution in [2.45, 2.75) is 371 Å². The van der Waals surface area contributed by atoms with E-state index in [0.29, 0.717) is 6.42 Å². The second-order valence-corrected chi connectivity index (χ2v) is 23.6. The number of allylic oxidation sites excluding steroid dienone is 7. The van der Waals surface area contributed by atoms with Crippen LogP contribution >= 0.6 is 0 Å². The normalized spacial score (nSPS) is 18.9. The van der Waals surface area contributed by atoms with E-state index in [9.17, 15) is 30.3 Å². The van der Waals surface area contributed by atoms with E-state index >= 15 is 0 Å². The summed E-state index contributed by atoms with van der Waals surface area (Å²) in [5.74, 6) is -0.186. The maximum Gasteiger partial charge on any atom is 0.220 e. The molecule has 1 amide bonds. The van der Waals surface area contributed by atoms with E-state index in [1.165, 1.54) is 263 Å². The molecule has 1 rings (SSSR count). The lowest BCUT2D eigenvalue weighted by molar-refractivity contribution is -0.302. The SMILES string of the molecule is CCCCCCCCCC/C=C\CCCCCCCCCCCCCCCCCC(=O)NC(COC1OC(CO)C(O)C(O)C1O)C(O)/C=C/CC/C=C/CC/C=C/CCCCCCCCCCCCCCCCCCCC. The summed E-state index contributed by atoms with van der Waals surface area (Å²) in [5, 5.41) is 54.7. The molecule has 0 aromatic heterocycles. The van der Waals surface area contributed by atoms with Gasteiger partial charge < -0.3 is 40.3 Å². The van der Waals surface area contributed by atoms with Crippen LogP contribution in [-0.4, -0.2) is 87.5 Å². The van der Waals surface area contributed by atoms with Gasteiger partial charge in [0.2, 0.25) is 5.91 Å². The molecule has 0 aromatic rings. The Morgan fingerprint density at radius 1 is 0.423 bits per heavy atom. The molecule has 0 aliphatic carbocycles. The largest absolute Gasteiger partial charge is 0.394 e. The van der Waals surface area contributed by atoms with Crippen LogP contribution < -0.4 is 5.32 Å². The first-order valence-electron chi connectivity index (χ1n) is 33.9. The second-order valence-electron chi connectivity index (χ2n) is 23.6. The fourth-order valence-electron chi connectivity index (χ4n) is 10.8. The van der Waals surface area contributed by atoms with E-state index in [0.717, 1.165) is 44.9 Å². The number of aliphatic hydroxyl groups excluding tert-OH is 5. The summed E-state index contributed by atoms with van der Waals surface area (Å²) in [6.45, 7) is 3.80. The zero-order chi connectivity index (χ0) is 56.5. The molecular weight excluding hydrogens is 971 g/mol. The fourth-order valence-corrected chi connectivity index (χ4v) is 10.8. The summed E-state index contributed by atoms with van der Waals surface area (Å²) < 4.78 is 11.3. The van der Waals surface area contributed by atoms with Gasteiger partial charge in [-0.1, -0.05) is 300 Å². The minimum absolute atomic E-state index is 0.186. The minimum atomic E-state index is -1.58. The molecule has 458 valence electrons. The number of amides is 1. The molecule has 1 aliphatic rings. The molecule has 0 spiro atoms. The van der Waals surface area contributed by atoms with Gasteiger partial charge >= 0.3 is 0 Å². The van der Waals surface area contributed by atoms with Crippen LogP contribution in [0.2, 0.25) is 0 Å². The van der Waals surface area contributed by atoms with Crippen molar-refractivity contribution in [1.82, 2.24) is 5.32 Å². The summed E-state index contributed by atoms with van der Waals surface area (Å²) in [7, 11) is 0. The Hall–Kier alpha value is -1.85. The summed E-state index contributed by atoms with van der Waals surface area (Å²) >= 11 is 0. The van der Waals surface area contributed by atoms with Crippen molar-refractivity contribution in [2.75, 3.05) is 13.2 Å². The highest BCUT2D eigenvalue weighted by Gasteiger charge is 2.44. The monoisotopic (exact) mass is 1100 g/mol. The predicted octanol–water partition coefficient (Wildman–Crippen LogP) is 18.0. The Morgan fingerprint density at radius 2 is 0.731 bits per heavy atom. The van der Waals surface area contributed by atoms with Gasteiger partial charge in [-0.05, 0) is 70.6 Å². The Bertz CT molecular complexity index is 1370. The van der Waals surface area contributed by atoms with Crippen molar-refractivity contribution in [1.29, 1.82) is 0 Å². The highest BCUT2D eigenvalue weighted by molar-refractivity contribution is 5.76. The van der Waals surface area contributed by atoms with E-state index in [1.807, 2.05) is 6.08 Å². The van der Waals surface area contributed by atoms with Crippen molar-refractivity contribution in [3.63, 3.8) is 0 Å². The van der Waals surface area contributed by atoms with Crippen molar-refractivity contribution >= 4 is 5.91 Å². The van der Waals surface area contributed by atoms with Crippen LogP contribution in [0.4, 0.5) is 0 Å². The lowest BCUT2D eigenvalue weighted by Crippen LogP contribution is -2.60. The molecule has 9 nitrogen and oxygen atoms in total. The van der Waals surface area contributed by atoms with Gasteiger partial charge in [0.1, 0.15) is 24.4 Å². The van der Waals surface area contributed by atoms with Crippen LogP contribution in [0.5, 0.6) is 0 Å². The van der Waals surface area contributed by atoms with Gasteiger partial charge in [-0.2, -0.15) is 0 Å². The van der Waals surface area contributed by atoms with Gasteiger partial charge in [-0.25, -0.2) is 0 Å². The van der Waals surface area contributed by atoms with Crippen LogP contribution in [0.15, 0.2) is 48.6 Å². The van der Waals surface area contributed by atoms with E-state index in [1.54, 1.807) is 6.08 Å². The molecule has 7 unspecified atom stereocenters. The number of carbonyl (C=O) groups excluding carboxylic acids is 1. The van der Waals surface area contributed by atoms with Crippen molar-refractivity contribution < 1.29 is 39.8 Å². The number of hydrogen-bond acceptors (Lipinski definition) is 8. The topological polar surface area (TPSA) is 149 Å². The fraction of sp³-hybridized carbons (Fsp3) is 0.870. The second kappa shape index (κ2) is 58.4. The van der Waals surface area contributed by atoms with Gasteiger partial charge in [-0.3, -0.25) is 4.79 Å². The average Bonchev–Trinajstić information content (AvgIpc) is 3.45. The molecule has 1 aliphatic heterocycles. The first-order chi connectivity index (χ1) is 38.3. The quantitative estimate of drug-likeness (QED) is 0.0261. The number of hydrogen-bond donors (Lipinski definition) is 6. The summed E-state index contributed by atoms with van der Waals surface area (Å²) in [5.41, 5.74) is 0. The predicted molar refractivity (Wildman–Crippen MR) is 332 cm³/mol. The number of ether oxygens (including phenoxy) is 2. The number of carbonyl (C=O) groups is 1. The molecule has 0 saturated carbocycles. The third-order valence-corrected chi connectivity index (χ3v) is 16.1. The van der Waals surface area contributed by atoms with Crippen LogP contribution in [0.25, 0.3) is 0 Å². The van der Waals surface area contributed by atoms with E-state index in [4.69, 9.17) is 9.47 Å². The highest BCUT2D eigenvalue weighted by Crippen LogP contribution is 2.23. The smallest absolute Gasteiger partial charge is 0.220 e. The molecule has 0 bridgehead atoms. The minimum Gasteiger partial charge on any atom is -0.394 e. The Labute approximate surface area is 482 Å². The van der Waals surface area contributed by atoms with Crippen LogP contribution in [-0.2, 0) is 14.3 Å². The lowest BCUT2D eigenvalue weighted by atomic mass is 9.99. The number of unbranched alkanes of at least 4 members (excludes halogenated alkanes) is 43. The van der Waals surface area contributed by atoms with Gasteiger partial charge in [0.15, 0.2) is 6.29 Å². The molecule has 0 aromatic carbocycles. The van der Waals surface area contributed by atoms with Gasteiger partial charge in [-0.15, -0.1) is 0 Å². The highest BCUT2D eigenvalue weighted by atomic mass is 16.7. The maximum atomic E-state index is 13.1. The molecule has 0 radical (unpaired) electrons. The summed E-state index contributed by atoms with van der Waals surface area (Å²) in [6, 6.07) is -0.830. The van der Waals surface area contributed by atoms with Crippen LogP contribution in [0, 0.1) is 0 Å². The van der Waals surface area contributed by atoms with Crippen molar-refractivity contribution in [3.05, 3.63) is 48.6 Å². The number of aliphatic hydroxyl groups is 5. The standard InChI is InChI=1S/C69H129NO8/c1-3-5-7-9-11-13-15-17-19-21-23-25-27-29-31-33-34-36-38-40-42-44-46-48-50-52-54-56-58-63(72)62(61-77-69-68(76)67(75)66(74)64(60-71)78-69)70-65(73)59-57-55-53-51-49-47-45-43-41-39-37-35-32-30-28-26-24-22-20-18-16-14-12-10-8-6-4-2/h22,24,40,42,48,50,56,58,62-64,66-69,71-72,74-76H,3-21,23,25-39,41,43-47,49,51-55,57,59-61H2,1-2H3,(H,70,73)/b24-22-,42-40+,50-48+,58-56+. The van der Waals surface area contributed by atoms with Crippen molar-refractivity contribution in [2.24, 2.45) is 0 Å². The van der Waals surface area contributed by atoms with Crippen molar-refractivity contribution in [3.8, 4) is 0 Å². The van der Waals surface area contributed by atoms with Gasteiger partial charge in [0.25, 0.3) is 0 Å². The first-order valence-corrected chi connectivity index (χ1v) is 33.9. The molecule has 9 heteroatoms. The van der Waals surface area contributed by atoms with Crippen LogP contribution in [0.1, 0.15) is 328 Å². The lowest BCUT2D eigenvalue weighted by Gasteiger charge is -2.40.